The minimum absolute atomic E-state index is 0.0724. The minimum Gasteiger partial charge on any atom is -0.350 e. The van der Waals surface area contributed by atoms with Crippen molar-refractivity contribution in [2.45, 2.75) is 19.0 Å². The molecule has 0 bridgehead atoms. The van der Waals surface area contributed by atoms with Crippen molar-refractivity contribution in [3.8, 4) is 0 Å². The van der Waals surface area contributed by atoms with Crippen LogP contribution in [0.3, 0.4) is 0 Å². The Morgan fingerprint density at radius 1 is 1.21 bits per heavy atom. The van der Waals surface area contributed by atoms with Crippen molar-refractivity contribution < 1.29 is 18.0 Å². The monoisotopic (exact) mass is 355 g/mol. The third kappa shape index (κ3) is 3.53. The van der Waals surface area contributed by atoms with Gasteiger partial charge in [-0.05, 0) is 18.4 Å². The number of fused-ring (bicyclic) bond motifs is 1. The van der Waals surface area contributed by atoms with Crippen molar-refractivity contribution in [1.29, 1.82) is 0 Å². The quantitative estimate of drug-likeness (QED) is 0.714. The molecular weight excluding hydrogens is 343 g/mol. The topological polar surface area (TPSA) is 72.2 Å². The smallest absolute Gasteiger partial charge is 0.350 e. The van der Waals surface area contributed by atoms with E-state index in [-0.39, 0.29) is 9.97 Å². The van der Waals surface area contributed by atoms with Gasteiger partial charge in [-0.25, -0.2) is 0 Å². The molecule has 10 heteroatoms. The van der Waals surface area contributed by atoms with Gasteiger partial charge in [-0.3, -0.25) is 4.79 Å². The Kier molecular flexibility index (Phi) is 4.47. The Balaban J connectivity index is 1.59. The SMILES string of the molecule is O=C(NCCCc1ccccc1)c1nn2c(C(F)(F)F)nnc2s1. The fourth-order valence-electron chi connectivity index (χ4n) is 2.10. The lowest BCUT2D eigenvalue weighted by Gasteiger charge is -2.03. The molecule has 1 aromatic carbocycles. The molecule has 0 fully saturated rings. The van der Waals surface area contributed by atoms with Crippen LogP contribution in [0, 0.1) is 0 Å². The second kappa shape index (κ2) is 6.56. The van der Waals surface area contributed by atoms with Gasteiger partial charge in [0.15, 0.2) is 0 Å². The maximum Gasteiger partial charge on any atom is 0.453 e. The number of carbonyl (C=O) groups excluding carboxylic acids is 1. The Bertz CT molecular complexity index is 843. The lowest BCUT2D eigenvalue weighted by molar-refractivity contribution is -0.146. The Morgan fingerprint density at radius 3 is 2.67 bits per heavy atom. The Hall–Kier alpha value is -2.49. The van der Waals surface area contributed by atoms with Crippen LogP contribution in [-0.4, -0.2) is 32.3 Å². The minimum atomic E-state index is -4.67. The van der Waals surface area contributed by atoms with Gasteiger partial charge in [-0.15, -0.1) is 15.3 Å². The number of benzene rings is 1. The maximum atomic E-state index is 12.7. The predicted molar refractivity (Wildman–Crippen MR) is 80.8 cm³/mol. The van der Waals surface area contributed by atoms with E-state index in [1.165, 1.54) is 0 Å². The van der Waals surface area contributed by atoms with Gasteiger partial charge in [0.05, 0.1) is 0 Å². The van der Waals surface area contributed by atoms with Gasteiger partial charge in [0.25, 0.3) is 11.7 Å². The van der Waals surface area contributed by atoms with Gasteiger partial charge in [0, 0.05) is 6.54 Å². The average molecular weight is 355 g/mol. The first-order chi connectivity index (χ1) is 11.4. The standard InChI is InChI=1S/C14H12F3N5OS/c15-14(16,17)12-19-20-13-22(12)21-11(24-13)10(23)18-8-4-7-9-5-2-1-3-6-9/h1-3,5-6H,4,7-8H2,(H,18,23). The van der Waals surface area contributed by atoms with Crippen molar-refractivity contribution in [3.63, 3.8) is 0 Å². The highest BCUT2D eigenvalue weighted by molar-refractivity contribution is 7.18. The predicted octanol–water partition coefficient (Wildman–Crippen LogP) is 2.57. The molecule has 2 aromatic heterocycles. The van der Waals surface area contributed by atoms with Crippen molar-refractivity contribution in [1.82, 2.24) is 25.1 Å². The van der Waals surface area contributed by atoms with E-state index in [1.807, 2.05) is 30.3 Å². The molecule has 0 saturated carbocycles. The van der Waals surface area contributed by atoms with Crippen molar-refractivity contribution >= 4 is 22.2 Å². The Morgan fingerprint density at radius 2 is 1.96 bits per heavy atom. The van der Waals surface area contributed by atoms with Crippen LogP contribution in [-0.2, 0) is 12.6 Å². The number of nitrogens with one attached hydrogen (secondary N) is 1. The number of rotatable bonds is 5. The van der Waals surface area contributed by atoms with Crippen LogP contribution in [0.2, 0.25) is 0 Å². The molecule has 2 heterocycles. The maximum absolute atomic E-state index is 12.7. The molecule has 24 heavy (non-hydrogen) atoms. The van der Waals surface area contributed by atoms with E-state index < -0.39 is 17.9 Å². The molecule has 1 N–H and O–H groups in total. The molecule has 0 aliphatic heterocycles. The first kappa shape index (κ1) is 16.4. The molecule has 0 atom stereocenters. The highest BCUT2D eigenvalue weighted by Crippen LogP contribution is 2.28. The second-order valence-corrected chi connectivity index (χ2v) is 5.92. The van der Waals surface area contributed by atoms with Gasteiger partial charge in [-0.1, -0.05) is 41.7 Å². The van der Waals surface area contributed by atoms with Crippen LogP contribution in [0.4, 0.5) is 13.2 Å². The summed E-state index contributed by atoms with van der Waals surface area (Å²) in [5.74, 6) is -1.76. The molecule has 6 nitrogen and oxygen atoms in total. The molecule has 0 saturated heterocycles. The molecule has 0 unspecified atom stereocenters. The van der Waals surface area contributed by atoms with Crippen molar-refractivity contribution in [3.05, 3.63) is 46.7 Å². The normalized spacial score (nSPS) is 11.8. The van der Waals surface area contributed by atoms with Gasteiger partial charge >= 0.3 is 6.18 Å². The van der Waals surface area contributed by atoms with Crippen LogP contribution >= 0.6 is 11.3 Å². The fraction of sp³-hybridized carbons (Fsp3) is 0.286. The van der Waals surface area contributed by atoms with E-state index in [0.717, 1.165) is 23.3 Å². The van der Waals surface area contributed by atoms with Gasteiger partial charge in [0.2, 0.25) is 9.97 Å². The molecule has 0 aliphatic carbocycles. The number of nitrogens with zero attached hydrogens (tertiary/aromatic N) is 4. The summed E-state index contributed by atoms with van der Waals surface area (Å²) in [7, 11) is 0. The number of amides is 1. The summed E-state index contributed by atoms with van der Waals surface area (Å²) >= 11 is 0.763. The van der Waals surface area contributed by atoms with Crippen molar-refractivity contribution in [2.24, 2.45) is 0 Å². The number of hydrogen-bond acceptors (Lipinski definition) is 5. The zero-order valence-corrected chi connectivity index (χ0v) is 13.1. The third-order valence-corrected chi connectivity index (χ3v) is 4.11. The molecule has 0 radical (unpaired) electrons. The van der Waals surface area contributed by atoms with E-state index in [9.17, 15) is 18.0 Å². The summed E-state index contributed by atoms with van der Waals surface area (Å²) in [5, 5.41) is 12.7. The fourth-order valence-corrected chi connectivity index (χ4v) is 2.86. The number of hydrogen-bond donors (Lipinski definition) is 1. The van der Waals surface area contributed by atoms with E-state index in [0.29, 0.717) is 17.5 Å². The van der Waals surface area contributed by atoms with Gasteiger partial charge in [0.1, 0.15) is 0 Å². The lowest BCUT2D eigenvalue weighted by atomic mass is 10.1. The molecular formula is C14H12F3N5OS. The number of aromatic nitrogens is 4. The van der Waals surface area contributed by atoms with Crippen LogP contribution in [0.5, 0.6) is 0 Å². The zero-order valence-electron chi connectivity index (χ0n) is 12.2. The van der Waals surface area contributed by atoms with Crippen LogP contribution in [0.1, 0.15) is 27.6 Å². The molecule has 1 amide bonds. The summed E-state index contributed by atoms with van der Waals surface area (Å²) in [4.78, 5) is 11.9. The van der Waals surface area contributed by atoms with Gasteiger partial charge in [-0.2, -0.15) is 17.7 Å². The highest BCUT2D eigenvalue weighted by atomic mass is 32.1. The van der Waals surface area contributed by atoms with Crippen LogP contribution in [0.15, 0.2) is 30.3 Å². The lowest BCUT2D eigenvalue weighted by Crippen LogP contribution is -2.25. The molecule has 3 rings (SSSR count). The first-order valence-corrected chi connectivity index (χ1v) is 7.88. The zero-order chi connectivity index (χ0) is 17.2. The summed E-state index contributed by atoms with van der Waals surface area (Å²) < 4.78 is 38.7. The molecule has 3 aromatic rings. The van der Waals surface area contributed by atoms with Crippen LogP contribution in [0.25, 0.3) is 4.96 Å². The van der Waals surface area contributed by atoms with E-state index in [4.69, 9.17) is 0 Å². The van der Waals surface area contributed by atoms with E-state index in [1.54, 1.807) is 0 Å². The number of alkyl halides is 3. The summed E-state index contributed by atoms with van der Waals surface area (Å²) in [6, 6.07) is 9.78. The van der Waals surface area contributed by atoms with Crippen LogP contribution < -0.4 is 5.32 Å². The first-order valence-electron chi connectivity index (χ1n) is 7.07. The molecule has 126 valence electrons. The highest BCUT2D eigenvalue weighted by Gasteiger charge is 2.38. The van der Waals surface area contributed by atoms with Crippen molar-refractivity contribution in [2.75, 3.05) is 6.54 Å². The molecule has 0 spiro atoms. The average Bonchev–Trinajstić information content (AvgIpc) is 3.11. The Labute approximate surface area is 138 Å². The summed E-state index contributed by atoms with van der Waals surface area (Å²) in [5.41, 5.74) is 1.15. The summed E-state index contributed by atoms with van der Waals surface area (Å²) in [6.07, 6.45) is -3.16. The second-order valence-electron chi connectivity index (χ2n) is 4.97. The molecule has 0 aliphatic rings. The summed E-state index contributed by atoms with van der Waals surface area (Å²) in [6.45, 7) is 0.403. The van der Waals surface area contributed by atoms with E-state index in [2.05, 4.69) is 20.6 Å². The van der Waals surface area contributed by atoms with E-state index >= 15 is 0 Å². The van der Waals surface area contributed by atoms with Gasteiger partial charge < -0.3 is 5.32 Å². The number of aryl methyl sites for hydroxylation is 1. The largest absolute Gasteiger partial charge is 0.453 e. The number of halogens is 3. The third-order valence-electron chi connectivity index (χ3n) is 3.21. The number of carbonyl (C=O) groups is 1.